The molecule has 7 N–H and O–H groups in total. The van der Waals surface area contributed by atoms with Crippen LogP contribution >= 0.6 is 0 Å². The average Bonchev–Trinajstić information content (AvgIpc) is 2.75. The van der Waals surface area contributed by atoms with E-state index in [9.17, 15) is 34.8 Å². The fraction of sp³-hybridized carbons (Fsp3) is 0.480. The number of aliphatic hydroxyl groups excluding tert-OH is 2. The summed E-state index contributed by atoms with van der Waals surface area (Å²) in [4.78, 5) is 39.7. The Hall–Kier alpha value is -3.37. The van der Waals surface area contributed by atoms with Crippen LogP contribution in [-0.2, 0) is 27.3 Å². The monoisotopic (exact) mass is 485 g/mol. The van der Waals surface area contributed by atoms with Crippen molar-refractivity contribution in [2.45, 2.75) is 51.3 Å². The number of aliphatic hydroxyl groups is 3. The second kappa shape index (κ2) is 8.39. The van der Waals surface area contributed by atoms with Crippen LogP contribution in [0.25, 0.3) is 5.76 Å². The van der Waals surface area contributed by atoms with E-state index < -0.39 is 52.0 Å². The number of phenolic OH excluding ortho intramolecular Hbond substituents is 1. The van der Waals surface area contributed by atoms with E-state index in [4.69, 9.17) is 5.73 Å². The van der Waals surface area contributed by atoms with Gasteiger partial charge in [-0.3, -0.25) is 14.4 Å². The number of aromatic hydroxyl groups is 1. The fourth-order valence-electron chi connectivity index (χ4n) is 5.57. The first-order valence-electron chi connectivity index (χ1n) is 11.6. The van der Waals surface area contributed by atoms with Crippen LogP contribution in [0.3, 0.4) is 0 Å². The van der Waals surface area contributed by atoms with Gasteiger partial charge in [0.2, 0.25) is 5.78 Å². The molecule has 0 heterocycles. The van der Waals surface area contributed by atoms with Gasteiger partial charge >= 0.3 is 0 Å². The highest BCUT2D eigenvalue weighted by Gasteiger charge is 2.60. The minimum Gasteiger partial charge on any atom is -0.508 e. The number of nitrogens with two attached hydrogens (primary N) is 1. The first-order chi connectivity index (χ1) is 16.3. The van der Waals surface area contributed by atoms with Crippen LogP contribution in [0.4, 0.5) is 5.69 Å². The molecular weight excluding hydrogens is 454 g/mol. The maximum Gasteiger partial charge on any atom is 0.255 e. The number of primary amides is 1. The lowest BCUT2D eigenvalue weighted by molar-refractivity contribution is -0.147. The summed E-state index contributed by atoms with van der Waals surface area (Å²) in [6, 6.07) is 1.97. The van der Waals surface area contributed by atoms with Crippen molar-refractivity contribution in [1.82, 2.24) is 5.32 Å². The SMILES string of the molecule is CC(C)NCc1cc(N(C)C)c2c(c1O)C(O)=C1C(=O)C3(O)C(O)=C(C(N)=O)C(=O)CC3CC1C2. The Kier molecular flexibility index (Phi) is 5.93. The normalized spacial score (nSPS) is 26.0. The number of anilines is 1. The van der Waals surface area contributed by atoms with E-state index >= 15 is 0 Å². The van der Waals surface area contributed by atoms with Crippen LogP contribution in [0.1, 0.15) is 43.4 Å². The largest absolute Gasteiger partial charge is 0.508 e. The predicted octanol–water partition coefficient (Wildman–Crippen LogP) is 0.988. The fourth-order valence-corrected chi connectivity index (χ4v) is 5.57. The number of benzene rings is 1. The molecule has 3 unspecified atom stereocenters. The topological polar surface area (TPSA) is 173 Å². The Morgan fingerprint density at radius 2 is 1.89 bits per heavy atom. The van der Waals surface area contributed by atoms with E-state index in [1.807, 2.05) is 38.9 Å². The minimum absolute atomic E-state index is 0.101. The Morgan fingerprint density at radius 1 is 1.23 bits per heavy atom. The van der Waals surface area contributed by atoms with Gasteiger partial charge in [-0.05, 0) is 30.4 Å². The molecule has 1 aromatic rings. The van der Waals surface area contributed by atoms with Crippen LogP contribution in [0.5, 0.6) is 5.75 Å². The molecule has 35 heavy (non-hydrogen) atoms. The standard InChI is InChI=1S/C25H31N3O7/c1-10(2)27-9-12-7-15(28(3)4)14-6-11-5-13-8-16(29)19(24(26)34)23(33)25(13,35)22(32)17(11)21(31)18(14)20(12)30/h7,10-11,13,27,30-31,33,35H,5-6,8-9H2,1-4H3,(H2,26,34). The van der Waals surface area contributed by atoms with Gasteiger partial charge in [0.15, 0.2) is 11.4 Å². The highest BCUT2D eigenvalue weighted by Crippen LogP contribution is 2.53. The summed E-state index contributed by atoms with van der Waals surface area (Å²) in [6.45, 7) is 4.23. The number of fused-ring (bicyclic) bond motifs is 3. The number of hydrogen-bond donors (Lipinski definition) is 6. The smallest absolute Gasteiger partial charge is 0.255 e. The number of phenols is 1. The lowest BCUT2D eigenvalue weighted by Crippen LogP contribution is -2.58. The lowest BCUT2D eigenvalue weighted by Gasteiger charge is -2.46. The number of rotatable bonds is 5. The molecule has 0 radical (unpaired) electrons. The quantitative estimate of drug-likeness (QED) is 0.332. The van der Waals surface area contributed by atoms with Gasteiger partial charge in [0.25, 0.3) is 5.91 Å². The molecule has 0 aromatic heterocycles. The molecule has 188 valence electrons. The van der Waals surface area contributed by atoms with Crippen molar-refractivity contribution in [2.75, 3.05) is 19.0 Å². The highest BCUT2D eigenvalue weighted by molar-refractivity contribution is 6.22. The maximum absolute atomic E-state index is 13.6. The molecule has 4 rings (SSSR count). The number of nitrogens with one attached hydrogen (secondary N) is 1. The second-order valence-electron chi connectivity index (χ2n) is 10.1. The molecule has 3 aliphatic rings. The lowest BCUT2D eigenvalue weighted by atomic mass is 9.59. The van der Waals surface area contributed by atoms with E-state index in [2.05, 4.69) is 5.32 Å². The molecule has 0 saturated heterocycles. The van der Waals surface area contributed by atoms with Crippen LogP contribution in [0.2, 0.25) is 0 Å². The van der Waals surface area contributed by atoms with E-state index in [0.717, 1.165) is 5.69 Å². The molecule has 0 aliphatic heterocycles. The Balaban J connectivity index is 1.92. The molecule has 1 amide bonds. The van der Waals surface area contributed by atoms with Crippen LogP contribution in [0, 0.1) is 11.8 Å². The van der Waals surface area contributed by atoms with E-state index in [0.29, 0.717) is 17.7 Å². The summed E-state index contributed by atoms with van der Waals surface area (Å²) in [7, 11) is 3.67. The molecule has 1 saturated carbocycles. The Labute approximate surface area is 202 Å². The predicted molar refractivity (Wildman–Crippen MR) is 128 cm³/mol. The first kappa shape index (κ1) is 24.7. The average molecular weight is 486 g/mol. The van der Waals surface area contributed by atoms with Gasteiger partial charge in [-0.1, -0.05) is 13.8 Å². The van der Waals surface area contributed by atoms with Gasteiger partial charge in [0, 0.05) is 55.8 Å². The number of ketones is 2. The molecule has 10 nitrogen and oxygen atoms in total. The van der Waals surface area contributed by atoms with Crippen molar-refractivity contribution in [2.24, 2.45) is 17.6 Å². The van der Waals surface area contributed by atoms with Crippen molar-refractivity contribution in [3.05, 3.63) is 39.7 Å². The van der Waals surface area contributed by atoms with E-state index in [-0.39, 0.29) is 42.2 Å². The summed E-state index contributed by atoms with van der Waals surface area (Å²) in [5, 5.41) is 47.7. The van der Waals surface area contributed by atoms with Crippen LogP contribution in [0.15, 0.2) is 23.0 Å². The van der Waals surface area contributed by atoms with Gasteiger partial charge in [-0.2, -0.15) is 0 Å². The molecule has 0 spiro atoms. The van der Waals surface area contributed by atoms with Gasteiger partial charge < -0.3 is 36.4 Å². The Morgan fingerprint density at radius 3 is 2.46 bits per heavy atom. The zero-order valence-corrected chi connectivity index (χ0v) is 20.2. The second-order valence-corrected chi connectivity index (χ2v) is 10.1. The molecule has 10 heteroatoms. The minimum atomic E-state index is -2.56. The molecule has 1 fully saturated rings. The third kappa shape index (κ3) is 3.59. The molecule has 3 aliphatic carbocycles. The summed E-state index contributed by atoms with van der Waals surface area (Å²) in [6.07, 6.45) is 0.0358. The number of carbonyl (C=O) groups is 3. The van der Waals surface area contributed by atoms with Crippen LogP contribution in [-0.4, -0.2) is 63.6 Å². The number of carbonyl (C=O) groups excluding carboxylic acids is 3. The molecular formula is C25H31N3O7. The van der Waals surface area contributed by atoms with E-state index in [1.165, 1.54) is 0 Å². The Bertz CT molecular complexity index is 1210. The third-order valence-corrected chi connectivity index (χ3v) is 7.30. The van der Waals surface area contributed by atoms with Gasteiger partial charge in [-0.25, -0.2) is 0 Å². The molecule has 3 atom stereocenters. The molecule has 1 aromatic carbocycles. The van der Waals surface area contributed by atoms with Crippen molar-refractivity contribution in [3.8, 4) is 5.75 Å². The number of hydrogen-bond acceptors (Lipinski definition) is 9. The third-order valence-electron chi connectivity index (χ3n) is 7.30. The number of nitrogens with zero attached hydrogens (tertiary/aromatic N) is 1. The first-order valence-corrected chi connectivity index (χ1v) is 11.6. The number of amides is 1. The van der Waals surface area contributed by atoms with Gasteiger partial charge in [0.05, 0.1) is 5.56 Å². The maximum atomic E-state index is 13.6. The molecule has 0 bridgehead atoms. The summed E-state index contributed by atoms with van der Waals surface area (Å²) < 4.78 is 0. The van der Waals surface area contributed by atoms with E-state index in [1.54, 1.807) is 0 Å². The zero-order valence-electron chi connectivity index (χ0n) is 20.2. The summed E-state index contributed by atoms with van der Waals surface area (Å²) >= 11 is 0. The van der Waals surface area contributed by atoms with Crippen LogP contribution < -0.4 is 16.0 Å². The van der Waals surface area contributed by atoms with Crippen molar-refractivity contribution < 1.29 is 34.8 Å². The van der Waals surface area contributed by atoms with Crippen molar-refractivity contribution >= 4 is 28.9 Å². The van der Waals surface area contributed by atoms with Crippen molar-refractivity contribution in [3.63, 3.8) is 0 Å². The van der Waals surface area contributed by atoms with Crippen molar-refractivity contribution in [1.29, 1.82) is 0 Å². The summed E-state index contributed by atoms with van der Waals surface area (Å²) in [5.74, 6) is -6.26. The highest BCUT2D eigenvalue weighted by atomic mass is 16.3. The summed E-state index contributed by atoms with van der Waals surface area (Å²) in [5.41, 5.74) is 3.74. The van der Waals surface area contributed by atoms with Gasteiger partial charge in [0.1, 0.15) is 22.8 Å². The zero-order chi connectivity index (χ0) is 26.0. The van der Waals surface area contributed by atoms with Gasteiger partial charge in [-0.15, -0.1) is 0 Å². The number of Topliss-reactive ketones (excluding diaryl/α,β-unsaturated/α-hetero) is 2.